The molecule has 1 unspecified atom stereocenters. The first-order valence-electron chi connectivity index (χ1n) is 11.8. The topological polar surface area (TPSA) is 116 Å². The van der Waals surface area contributed by atoms with E-state index in [4.69, 9.17) is 4.74 Å². The molecule has 2 aromatic heterocycles. The fourth-order valence-electron chi connectivity index (χ4n) is 4.68. The molecule has 11 nitrogen and oxygen atoms in total. The normalized spacial score (nSPS) is 20.6. The summed E-state index contributed by atoms with van der Waals surface area (Å²) >= 11 is 0. The molecule has 1 aliphatic carbocycles. The van der Waals surface area contributed by atoms with Gasteiger partial charge in [-0.2, -0.15) is 4.98 Å². The van der Waals surface area contributed by atoms with Gasteiger partial charge in [-0.3, -0.25) is 14.5 Å². The third-order valence-corrected chi connectivity index (χ3v) is 6.50. The van der Waals surface area contributed by atoms with E-state index in [2.05, 4.69) is 30.5 Å². The number of anilines is 4. The summed E-state index contributed by atoms with van der Waals surface area (Å²) in [5.74, 6) is 0.887. The van der Waals surface area contributed by atoms with Crippen molar-refractivity contribution in [2.45, 2.75) is 37.8 Å². The van der Waals surface area contributed by atoms with Crippen LogP contribution in [0.5, 0.6) is 5.75 Å². The first-order valence-corrected chi connectivity index (χ1v) is 11.8. The Morgan fingerprint density at radius 3 is 2.59 bits per heavy atom. The van der Waals surface area contributed by atoms with E-state index in [1.165, 1.54) is 11.1 Å². The zero-order valence-corrected chi connectivity index (χ0v) is 19.5. The molecule has 0 radical (unpaired) electrons. The Labute approximate surface area is 198 Å². The van der Waals surface area contributed by atoms with Crippen molar-refractivity contribution in [3.8, 4) is 5.75 Å². The summed E-state index contributed by atoms with van der Waals surface area (Å²) in [6, 6.07) is 3.91. The fourth-order valence-corrected chi connectivity index (χ4v) is 4.68. The van der Waals surface area contributed by atoms with E-state index >= 15 is 0 Å². The molecule has 2 aromatic rings. The number of ether oxygens (including phenoxy) is 1. The SMILES string of the molecule is CN(C)C(=O)C1Oc2cnc(Nc3ccc(N4CCNCC4)cn3)nc2N(C2CCCC2)C1=O. The molecular weight excluding hydrogens is 436 g/mol. The number of carbonyl (C=O) groups is 2. The van der Waals surface area contributed by atoms with Crippen LogP contribution in [0.3, 0.4) is 0 Å². The van der Waals surface area contributed by atoms with Crippen molar-refractivity contribution in [2.24, 2.45) is 0 Å². The van der Waals surface area contributed by atoms with Crippen molar-refractivity contribution in [3.63, 3.8) is 0 Å². The molecule has 0 aromatic carbocycles. The third kappa shape index (κ3) is 4.35. The summed E-state index contributed by atoms with van der Waals surface area (Å²) in [5, 5.41) is 6.47. The lowest BCUT2D eigenvalue weighted by Crippen LogP contribution is -2.55. The highest BCUT2D eigenvalue weighted by molar-refractivity contribution is 6.12. The predicted octanol–water partition coefficient (Wildman–Crippen LogP) is 1.15. The van der Waals surface area contributed by atoms with Crippen LogP contribution in [0.4, 0.5) is 23.3 Å². The zero-order valence-electron chi connectivity index (χ0n) is 19.5. The van der Waals surface area contributed by atoms with Crippen LogP contribution >= 0.6 is 0 Å². The van der Waals surface area contributed by atoms with Crippen LogP contribution < -0.4 is 25.2 Å². The minimum atomic E-state index is -1.22. The number of piperazine rings is 1. The monoisotopic (exact) mass is 466 g/mol. The fraction of sp³-hybridized carbons (Fsp3) is 0.522. The highest BCUT2D eigenvalue weighted by Gasteiger charge is 2.44. The average Bonchev–Trinajstić information content (AvgIpc) is 3.38. The van der Waals surface area contributed by atoms with E-state index in [1.807, 2.05) is 18.3 Å². The molecule has 2 N–H and O–H groups in total. The maximum absolute atomic E-state index is 13.3. The van der Waals surface area contributed by atoms with E-state index in [0.717, 1.165) is 57.5 Å². The van der Waals surface area contributed by atoms with Gasteiger partial charge in [0, 0.05) is 46.3 Å². The molecule has 4 heterocycles. The zero-order chi connectivity index (χ0) is 23.7. The van der Waals surface area contributed by atoms with Crippen LogP contribution in [0.1, 0.15) is 25.7 Å². The van der Waals surface area contributed by atoms with Crippen LogP contribution in [-0.2, 0) is 9.59 Å². The molecule has 1 atom stereocenters. The molecule has 11 heteroatoms. The van der Waals surface area contributed by atoms with E-state index in [1.54, 1.807) is 19.0 Å². The molecule has 0 spiro atoms. The van der Waals surface area contributed by atoms with Crippen molar-refractivity contribution in [3.05, 3.63) is 24.5 Å². The van der Waals surface area contributed by atoms with Gasteiger partial charge in [0.1, 0.15) is 5.82 Å². The molecule has 34 heavy (non-hydrogen) atoms. The van der Waals surface area contributed by atoms with Crippen LogP contribution in [0.15, 0.2) is 24.5 Å². The summed E-state index contributed by atoms with van der Waals surface area (Å²) < 4.78 is 5.78. The standard InChI is InChI=1S/C23H30N8O3/c1-29(2)21(32)19-22(33)31(15-5-3-4-6-15)20-17(34-19)14-26-23(28-20)27-18-8-7-16(13-25-18)30-11-9-24-10-12-30/h7-8,13-15,19,24H,3-6,9-12H2,1-2H3,(H,25,26,27,28). The van der Waals surface area contributed by atoms with E-state index in [-0.39, 0.29) is 11.9 Å². The Hall–Kier alpha value is -3.47. The molecular formula is C23H30N8O3. The number of aromatic nitrogens is 3. The number of hydrogen-bond acceptors (Lipinski definition) is 9. The number of nitrogens with zero attached hydrogens (tertiary/aromatic N) is 6. The van der Waals surface area contributed by atoms with Crippen LogP contribution in [0.2, 0.25) is 0 Å². The van der Waals surface area contributed by atoms with Crippen molar-refractivity contribution >= 4 is 35.1 Å². The number of carbonyl (C=O) groups excluding carboxylic acids is 2. The predicted molar refractivity (Wildman–Crippen MR) is 127 cm³/mol. The Morgan fingerprint density at radius 2 is 1.91 bits per heavy atom. The lowest BCUT2D eigenvalue weighted by atomic mass is 10.1. The molecule has 1 saturated heterocycles. The molecule has 3 aliphatic rings. The molecule has 2 amide bonds. The van der Waals surface area contributed by atoms with Crippen molar-refractivity contribution in [1.29, 1.82) is 0 Å². The number of nitrogens with one attached hydrogen (secondary N) is 2. The molecule has 1 saturated carbocycles. The highest BCUT2D eigenvalue weighted by atomic mass is 16.5. The number of likely N-dealkylation sites (N-methyl/N-ethyl adjacent to an activating group) is 1. The summed E-state index contributed by atoms with van der Waals surface area (Å²) in [7, 11) is 3.22. The van der Waals surface area contributed by atoms with Gasteiger partial charge in [0.05, 0.1) is 18.1 Å². The lowest BCUT2D eigenvalue weighted by Gasteiger charge is -2.36. The van der Waals surface area contributed by atoms with Crippen molar-refractivity contribution in [1.82, 2.24) is 25.2 Å². The summed E-state index contributed by atoms with van der Waals surface area (Å²) in [6.07, 6.45) is 5.95. The van der Waals surface area contributed by atoms with Crippen LogP contribution in [-0.4, -0.2) is 84.1 Å². The first kappa shape index (κ1) is 22.3. The van der Waals surface area contributed by atoms with Crippen LogP contribution in [0, 0.1) is 0 Å². The number of fused-ring (bicyclic) bond motifs is 1. The lowest BCUT2D eigenvalue weighted by molar-refractivity contribution is -0.144. The number of hydrogen-bond donors (Lipinski definition) is 2. The Bertz CT molecular complexity index is 1050. The first-order chi connectivity index (χ1) is 16.5. The number of rotatable bonds is 5. The molecule has 2 fully saturated rings. The van der Waals surface area contributed by atoms with Gasteiger partial charge in [0.25, 0.3) is 17.9 Å². The largest absolute Gasteiger partial charge is 0.465 e. The average molecular weight is 467 g/mol. The maximum atomic E-state index is 13.3. The van der Waals surface area contributed by atoms with Gasteiger partial charge in [0.15, 0.2) is 11.6 Å². The van der Waals surface area contributed by atoms with E-state index in [0.29, 0.717) is 23.3 Å². The van der Waals surface area contributed by atoms with Crippen molar-refractivity contribution in [2.75, 3.05) is 55.4 Å². The molecule has 0 bridgehead atoms. The van der Waals surface area contributed by atoms with Crippen LogP contribution in [0.25, 0.3) is 0 Å². The second kappa shape index (κ2) is 9.41. The Kier molecular flexibility index (Phi) is 6.18. The van der Waals surface area contributed by atoms with E-state index in [9.17, 15) is 9.59 Å². The Balaban J connectivity index is 1.39. The van der Waals surface area contributed by atoms with Gasteiger partial charge >= 0.3 is 0 Å². The summed E-state index contributed by atoms with van der Waals surface area (Å²) in [5.41, 5.74) is 1.07. The molecule has 180 valence electrons. The minimum Gasteiger partial charge on any atom is -0.465 e. The van der Waals surface area contributed by atoms with Gasteiger partial charge in [-0.25, -0.2) is 9.97 Å². The van der Waals surface area contributed by atoms with Crippen molar-refractivity contribution < 1.29 is 14.3 Å². The molecule has 2 aliphatic heterocycles. The molecule has 5 rings (SSSR count). The summed E-state index contributed by atoms with van der Waals surface area (Å²) in [4.78, 5) is 44.7. The second-order valence-electron chi connectivity index (χ2n) is 9.02. The highest BCUT2D eigenvalue weighted by Crippen LogP contribution is 2.38. The van der Waals surface area contributed by atoms with Gasteiger partial charge in [0.2, 0.25) is 5.95 Å². The van der Waals surface area contributed by atoms with Gasteiger partial charge in [-0.15, -0.1) is 0 Å². The summed E-state index contributed by atoms with van der Waals surface area (Å²) in [6.45, 7) is 3.82. The smallest absolute Gasteiger partial charge is 0.279 e. The van der Waals surface area contributed by atoms with E-state index < -0.39 is 12.0 Å². The van der Waals surface area contributed by atoms with Gasteiger partial charge < -0.3 is 25.2 Å². The maximum Gasteiger partial charge on any atom is 0.279 e. The minimum absolute atomic E-state index is 0.00759. The van der Waals surface area contributed by atoms with Gasteiger partial charge in [-0.1, -0.05) is 12.8 Å². The Morgan fingerprint density at radius 1 is 1.15 bits per heavy atom. The number of pyridine rings is 1. The quantitative estimate of drug-likeness (QED) is 0.626. The second-order valence-corrected chi connectivity index (χ2v) is 9.02. The third-order valence-electron chi connectivity index (χ3n) is 6.50. The number of amides is 2. The van der Waals surface area contributed by atoms with Gasteiger partial charge in [-0.05, 0) is 25.0 Å².